The fourth-order valence-electron chi connectivity index (χ4n) is 5.21. The number of carbonyl (C=O) groups excluding carboxylic acids is 4. The van der Waals surface area contributed by atoms with E-state index < -0.39 is 41.0 Å². The number of esters is 2. The van der Waals surface area contributed by atoms with E-state index in [2.05, 4.69) is 31.6 Å². The molecular formula is C31H31ClN8O9. The Balaban J connectivity index is 1.30. The third-order valence-electron chi connectivity index (χ3n) is 7.38. The molecule has 3 heterocycles. The second-order valence-corrected chi connectivity index (χ2v) is 10.8. The molecule has 0 spiro atoms. The molecule has 0 radical (unpaired) electrons. The molecule has 2 unspecified atom stereocenters. The summed E-state index contributed by atoms with van der Waals surface area (Å²) in [6.07, 6.45) is 1.58. The highest BCUT2D eigenvalue weighted by atomic mass is 35.5. The monoisotopic (exact) mass is 694 g/mol. The number of carbonyl (C=O) groups is 4. The lowest BCUT2D eigenvalue weighted by molar-refractivity contribution is -0.384. The quantitative estimate of drug-likeness (QED) is 0.0882. The average Bonchev–Trinajstić information content (AvgIpc) is 3.54. The molecule has 2 atom stereocenters. The van der Waals surface area contributed by atoms with Crippen molar-refractivity contribution in [3.8, 4) is 5.75 Å². The van der Waals surface area contributed by atoms with E-state index in [0.717, 1.165) is 0 Å². The summed E-state index contributed by atoms with van der Waals surface area (Å²) in [4.78, 5) is 61.2. The number of rotatable bonds is 13. The minimum atomic E-state index is -0.943. The minimum Gasteiger partial charge on any atom is -0.487 e. The predicted octanol–water partition coefficient (Wildman–Crippen LogP) is 3.05. The van der Waals surface area contributed by atoms with Gasteiger partial charge < -0.3 is 35.5 Å². The topological polar surface area (TPSA) is 218 Å². The van der Waals surface area contributed by atoms with Crippen molar-refractivity contribution in [3.05, 3.63) is 104 Å². The fourth-order valence-corrected chi connectivity index (χ4v) is 5.42. The molecule has 2 aliphatic heterocycles. The van der Waals surface area contributed by atoms with Gasteiger partial charge in [0.2, 0.25) is 0 Å². The SMILES string of the molecule is CCOC(=O)C1=C(CCl)NC(=O)NC1c1ccc(OCc2cn(CC3=C(C(=O)OCC)C(c4ccc([N+](=O)[O-])cc4)NC(=O)N3)nn2)cc1. The molecule has 0 bridgehead atoms. The first-order valence-corrected chi connectivity index (χ1v) is 15.5. The molecule has 256 valence electrons. The maximum atomic E-state index is 13.1. The number of halogens is 1. The molecule has 2 aliphatic rings. The van der Waals surface area contributed by atoms with Crippen LogP contribution in [0.5, 0.6) is 5.75 Å². The van der Waals surface area contributed by atoms with Crippen molar-refractivity contribution in [2.24, 2.45) is 0 Å². The van der Waals surface area contributed by atoms with Crippen molar-refractivity contribution in [2.75, 3.05) is 19.1 Å². The van der Waals surface area contributed by atoms with Gasteiger partial charge >= 0.3 is 24.0 Å². The smallest absolute Gasteiger partial charge is 0.338 e. The highest BCUT2D eigenvalue weighted by Crippen LogP contribution is 2.31. The molecule has 1 aromatic heterocycles. The summed E-state index contributed by atoms with van der Waals surface area (Å²) >= 11 is 6.00. The van der Waals surface area contributed by atoms with Crippen LogP contribution >= 0.6 is 11.6 Å². The van der Waals surface area contributed by atoms with Crippen molar-refractivity contribution in [1.82, 2.24) is 36.3 Å². The number of alkyl halides is 1. The number of urea groups is 2. The van der Waals surface area contributed by atoms with Gasteiger partial charge in [0.1, 0.15) is 18.1 Å². The molecule has 3 aromatic rings. The van der Waals surface area contributed by atoms with Crippen LogP contribution in [0.4, 0.5) is 15.3 Å². The third kappa shape index (κ3) is 7.95. The zero-order valence-corrected chi connectivity index (χ0v) is 27.0. The van der Waals surface area contributed by atoms with Crippen molar-refractivity contribution < 1.29 is 38.3 Å². The van der Waals surface area contributed by atoms with Gasteiger partial charge in [-0.05, 0) is 49.2 Å². The fraction of sp³-hybridized carbons (Fsp3) is 0.290. The number of nitro benzene ring substituents is 1. The van der Waals surface area contributed by atoms with E-state index in [1.54, 1.807) is 44.3 Å². The average molecular weight is 695 g/mol. The molecule has 0 saturated carbocycles. The van der Waals surface area contributed by atoms with E-state index in [0.29, 0.717) is 22.6 Å². The van der Waals surface area contributed by atoms with Gasteiger partial charge in [0.05, 0.1) is 65.7 Å². The lowest BCUT2D eigenvalue weighted by Crippen LogP contribution is -2.46. The Hall–Kier alpha value is -5.97. The van der Waals surface area contributed by atoms with E-state index in [-0.39, 0.29) is 60.5 Å². The second-order valence-electron chi connectivity index (χ2n) is 10.5. The zero-order valence-electron chi connectivity index (χ0n) is 26.2. The highest BCUT2D eigenvalue weighted by molar-refractivity contribution is 6.20. The molecule has 4 N–H and O–H groups in total. The molecule has 2 aromatic carbocycles. The summed E-state index contributed by atoms with van der Waals surface area (Å²) < 4.78 is 17.7. The Labute approximate surface area is 283 Å². The number of allylic oxidation sites excluding steroid dienone is 2. The van der Waals surface area contributed by atoms with Gasteiger partial charge in [-0.15, -0.1) is 16.7 Å². The number of non-ortho nitro benzene ring substituents is 1. The Bertz CT molecular complexity index is 1820. The van der Waals surface area contributed by atoms with Gasteiger partial charge in [0, 0.05) is 17.8 Å². The van der Waals surface area contributed by atoms with Crippen LogP contribution in [-0.4, -0.2) is 63.0 Å². The van der Waals surface area contributed by atoms with E-state index in [1.807, 2.05) is 0 Å². The van der Waals surface area contributed by atoms with Crippen LogP contribution in [0.1, 0.15) is 42.8 Å². The van der Waals surface area contributed by atoms with Gasteiger partial charge in [-0.25, -0.2) is 23.9 Å². The summed E-state index contributed by atoms with van der Waals surface area (Å²) in [6.45, 7) is 3.50. The summed E-state index contributed by atoms with van der Waals surface area (Å²) in [5, 5.41) is 29.9. The normalized spacial score (nSPS) is 17.4. The van der Waals surface area contributed by atoms with Crippen LogP contribution < -0.4 is 26.0 Å². The zero-order chi connectivity index (χ0) is 35.1. The second kappa shape index (κ2) is 15.3. The van der Waals surface area contributed by atoms with Gasteiger partial charge in [-0.1, -0.05) is 17.3 Å². The molecule has 0 fully saturated rings. The number of amides is 4. The number of aromatic nitrogens is 3. The number of nitrogens with one attached hydrogen (secondary N) is 4. The number of nitro groups is 1. The minimum absolute atomic E-state index is 0.0108. The number of nitrogens with zero attached hydrogens (tertiary/aromatic N) is 4. The molecule has 17 nitrogen and oxygen atoms in total. The van der Waals surface area contributed by atoms with Crippen LogP contribution in [-0.2, 0) is 32.2 Å². The Kier molecular flexibility index (Phi) is 10.7. The Morgan fingerprint density at radius 1 is 0.878 bits per heavy atom. The standard InChI is InChI=1S/C31H31ClN8O9/c1-3-47-28(41)24-22(13-32)33-30(43)35-26(24)18-7-11-21(12-8-18)49-16-19-14-39(38-37-19)15-23-25(29(42)48-4-2)27(36-31(44)34-23)17-5-9-20(10-6-17)40(45)46/h5-12,14,26-27H,3-4,13,15-16H2,1-2H3,(H2,33,35,43)(H2,34,36,44). The maximum Gasteiger partial charge on any atom is 0.338 e. The number of hydrogen-bond donors (Lipinski definition) is 4. The maximum absolute atomic E-state index is 13.1. The molecule has 5 rings (SSSR count). The van der Waals surface area contributed by atoms with E-state index in [4.69, 9.17) is 25.8 Å². The molecular weight excluding hydrogens is 664 g/mol. The van der Waals surface area contributed by atoms with Crippen molar-refractivity contribution in [1.29, 1.82) is 0 Å². The first kappa shape index (κ1) is 34.4. The van der Waals surface area contributed by atoms with Crippen molar-refractivity contribution in [2.45, 2.75) is 39.1 Å². The first-order valence-electron chi connectivity index (χ1n) is 15.0. The Morgan fingerprint density at radius 2 is 1.41 bits per heavy atom. The van der Waals surface area contributed by atoms with Crippen molar-refractivity contribution in [3.63, 3.8) is 0 Å². The van der Waals surface area contributed by atoms with Gasteiger partial charge in [-0.3, -0.25) is 10.1 Å². The highest BCUT2D eigenvalue weighted by Gasteiger charge is 2.35. The largest absolute Gasteiger partial charge is 0.487 e. The lowest BCUT2D eigenvalue weighted by Gasteiger charge is -2.29. The van der Waals surface area contributed by atoms with E-state index in [1.165, 1.54) is 28.9 Å². The van der Waals surface area contributed by atoms with Gasteiger partial charge in [0.25, 0.3) is 5.69 Å². The lowest BCUT2D eigenvalue weighted by atomic mass is 9.95. The summed E-state index contributed by atoms with van der Waals surface area (Å²) in [5.74, 6) is -0.921. The molecule has 4 amide bonds. The van der Waals surface area contributed by atoms with Crippen LogP contribution in [0.3, 0.4) is 0 Å². The molecule has 0 aliphatic carbocycles. The summed E-state index contributed by atoms with van der Waals surface area (Å²) in [7, 11) is 0. The van der Waals surface area contributed by atoms with E-state index in [9.17, 15) is 29.3 Å². The molecule has 0 saturated heterocycles. The first-order chi connectivity index (χ1) is 23.6. The molecule has 18 heteroatoms. The third-order valence-corrected chi connectivity index (χ3v) is 7.64. The van der Waals surface area contributed by atoms with Crippen LogP contribution in [0.25, 0.3) is 0 Å². The van der Waals surface area contributed by atoms with Crippen LogP contribution in [0.15, 0.2) is 77.3 Å². The molecule has 49 heavy (non-hydrogen) atoms. The number of benzene rings is 2. The van der Waals surface area contributed by atoms with Gasteiger partial charge in [-0.2, -0.15) is 0 Å². The van der Waals surface area contributed by atoms with Crippen LogP contribution in [0, 0.1) is 10.1 Å². The summed E-state index contributed by atoms with van der Waals surface area (Å²) in [6, 6.07) is 9.35. The summed E-state index contributed by atoms with van der Waals surface area (Å²) in [5.41, 5.74) is 2.09. The number of ether oxygens (including phenoxy) is 3. The predicted molar refractivity (Wildman–Crippen MR) is 171 cm³/mol. The van der Waals surface area contributed by atoms with E-state index >= 15 is 0 Å². The Morgan fingerprint density at radius 3 is 1.94 bits per heavy atom. The number of hydrogen-bond acceptors (Lipinski definition) is 11. The van der Waals surface area contributed by atoms with Crippen LogP contribution in [0.2, 0.25) is 0 Å². The van der Waals surface area contributed by atoms with Crippen molar-refractivity contribution >= 4 is 41.3 Å². The van der Waals surface area contributed by atoms with Gasteiger partial charge in [0.15, 0.2) is 0 Å².